The summed E-state index contributed by atoms with van der Waals surface area (Å²) in [6, 6.07) is 11.5. The zero-order valence-corrected chi connectivity index (χ0v) is 11.7. The van der Waals surface area contributed by atoms with Gasteiger partial charge in [-0.3, -0.25) is 0 Å². The van der Waals surface area contributed by atoms with Crippen LogP contribution in [0.5, 0.6) is 0 Å². The number of hydrogen-bond acceptors (Lipinski definition) is 1. The molecule has 0 radical (unpaired) electrons. The van der Waals surface area contributed by atoms with Crippen LogP contribution in [0.15, 0.2) is 30.3 Å². The summed E-state index contributed by atoms with van der Waals surface area (Å²) in [5.74, 6) is 1.43. The smallest absolute Gasteiger partial charge is 0.0135 e. The van der Waals surface area contributed by atoms with Gasteiger partial charge in [0.25, 0.3) is 0 Å². The van der Waals surface area contributed by atoms with Crippen molar-refractivity contribution in [3.63, 3.8) is 0 Å². The Bertz CT molecular complexity index is 294. The van der Waals surface area contributed by atoms with Gasteiger partial charge in [0, 0.05) is 6.04 Å². The second-order valence-electron chi connectivity index (χ2n) is 5.07. The van der Waals surface area contributed by atoms with Crippen molar-refractivity contribution in [2.75, 3.05) is 7.05 Å². The van der Waals surface area contributed by atoms with Crippen molar-refractivity contribution in [2.24, 2.45) is 5.92 Å². The van der Waals surface area contributed by atoms with E-state index in [1.165, 1.54) is 24.8 Å². The molecular weight excluding hydrogens is 206 g/mol. The van der Waals surface area contributed by atoms with Crippen LogP contribution in [-0.4, -0.2) is 13.1 Å². The molecule has 1 aromatic carbocycles. The van der Waals surface area contributed by atoms with E-state index in [1.807, 2.05) is 0 Å². The van der Waals surface area contributed by atoms with Crippen LogP contribution in [-0.2, 0) is 0 Å². The van der Waals surface area contributed by atoms with E-state index in [1.54, 1.807) is 0 Å². The minimum absolute atomic E-state index is 0.595. The van der Waals surface area contributed by atoms with Gasteiger partial charge in [-0.25, -0.2) is 0 Å². The van der Waals surface area contributed by atoms with Gasteiger partial charge in [0.1, 0.15) is 0 Å². The van der Waals surface area contributed by atoms with Crippen molar-refractivity contribution in [3.8, 4) is 0 Å². The molecule has 0 fully saturated rings. The van der Waals surface area contributed by atoms with Gasteiger partial charge in [0.2, 0.25) is 0 Å². The lowest BCUT2D eigenvalue weighted by molar-refractivity contribution is 0.358. The summed E-state index contributed by atoms with van der Waals surface area (Å²) < 4.78 is 0. The summed E-state index contributed by atoms with van der Waals surface area (Å²) >= 11 is 0. The first kappa shape index (κ1) is 14.2. The molecule has 1 rings (SSSR count). The van der Waals surface area contributed by atoms with Crippen LogP contribution in [0, 0.1) is 5.92 Å². The maximum Gasteiger partial charge on any atom is 0.0135 e. The average molecular weight is 233 g/mol. The molecule has 0 aliphatic carbocycles. The monoisotopic (exact) mass is 233 g/mol. The second-order valence-corrected chi connectivity index (χ2v) is 5.07. The Balaban J connectivity index is 2.76. The second kappa shape index (κ2) is 7.50. The first-order valence-corrected chi connectivity index (χ1v) is 6.95. The predicted molar refractivity (Wildman–Crippen MR) is 76.4 cm³/mol. The highest BCUT2D eigenvalue weighted by atomic mass is 14.9. The number of hydrogen-bond donors (Lipinski definition) is 1. The van der Waals surface area contributed by atoms with Crippen LogP contribution in [0.1, 0.15) is 51.5 Å². The predicted octanol–water partition coefficient (Wildman–Crippen LogP) is 4.20. The molecule has 0 heterocycles. The van der Waals surface area contributed by atoms with Gasteiger partial charge in [-0.1, -0.05) is 57.5 Å². The van der Waals surface area contributed by atoms with Crippen molar-refractivity contribution in [1.82, 2.24) is 5.32 Å². The third-order valence-corrected chi connectivity index (χ3v) is 3.88. The molecule has 3 unspecified atom stereocenters. The highest BCUT2D eigenvalue weighted by Gasteiger charge is 2.21. The molecule has 1 nitrogen and oxygen atoms in total. The summed E-state index contributed by atoms with van der Waals surface area (Å²) in [5, 5.41) is 3.52. The minimum atomic E-state index is 0.595. The van der Waals surface area contributed by atoms with Crippen LogP contribution >= 0.6 is 0 Å². The molecule has 17 heavy (non-hydrogen) atoms. The Morgan fingerprint density at radius 2 is 1.71 bits per heavy atom. The molecular formula is C16H27N. The molecule has 0 amide bonds. The van der Waals surface area contributed by atoms with Crippen LogP contribution < -0.4 is 5.32 Å². The Morgan fingerprint density at radius 1 is 1.06 bits per heavy atom. The quantitative estimate of drug-likeness (QED) is 0.744. The molecule has 0 saturated heterocycles. The van der Waals surface area contributed by atoms with E-state index in [9.17, 15) is 0 Å². The molecule has 0 aromatic heterocycles. The Morgan fingerprint density at radius 3 is 2.18 bits per heavy atom. The molecule has 0 aliphatic rings. The molecule has 3 atom stereocenters. The lowest BCUT2D eigenvalue weighted by Gasteiger charge is -2.28. The molecule has 0 saturated carbocycles. The van der Waals surface area contributed by atoms with E-state index < -0.39 is 0 Å². The first-order valence-electron chi connectivity index (χ1n) is 6.95. The summed E-state index contributed by atoms with van der Waals surface area (Å²) in [4.78, 5) is 0. The van der Waals surface area contributed by atoms with E-state index in [4.69, 9.17) is 0 Å². The average Bonchev–Trinajstić information content (AvgIpc) is 2.39. The number of likely N-dealkylation sites (N-methyl/N-ethyl adjacent to an activating group) is 1. The maximum atomic E-state index is 3.52. The lowest BCUT2D eigenvalue weighted by atomic mass is 9.84. The van der Waals surface area contributed by atoms with E-state index >= 15 is 0 Å². The zero-order valence-electron chi connectivity index (χ0n) is 11.7. The van der Waals surface area contributed by atoms with Crippen LogP contribution in [0.25, 0.3) is 0 Å². The molecule has 1 aromatic rings. The van der Waals surface area contributed by atoms with Gasteiger partial charge in [-0.05, 0) is 37.3 Å². The van der Waals surface area contributed by atoms with E-state index in [0.717, 1.165) is 5.92 Å². The topological polar surface area (TPSA) is 12.0 Å². The summed E-state index contributed by atoms with van der Waals surface area (Å²) in [6.07, 6.45) is 3.73. The largest absolute Gasteiger partial charge is 0.316 e. The Hall–Kier alpha value is -0.820. The van der Waals surface area contributed by atoms with Gasteiger partial charge in [0.05, 0.1) is 0 Å². The Kier molecular flexibility index (Phi) is 6.28. The fourth-order valence-corrected chi connectivity index (χ4v) is 2.54. The van der Waals surface area contributed by atoms with Gasteiger partial charge in [-0.15, -0.1) is 0 Å². The van der Waals surface area contributed by atoms with Gasteiger partial charge in [0.15, 0.2) is 0 Å². The molecule has 0 aliphatic heterocycles. The van der Waals surface area contributed by atoms with Crippen LogP contribution in [0.2, 0.25) is 0 Å². The third-order valence-electron chi connectivity index (χ3n) is 3.88. The summed E-state index contributed by atoms with van der Waals surface area (Å²) in [6.45, 7) is 6.92. The van der Waals surface area contributed by atoms with Crippen molar-refractivity contribution in [1.29, 1.82) is 0 Å². The molecule has 1 heteroatoms. The highest BCUT2D eigenvalue weighted by molar-refractivity contribution is 5.21. The van der Waals surface area contributed by atoms with Crippen molar-refractivity contribution in [2.45, 2.75) is 52.0 Å². The number of benzene rings is 1. The first-order chi connectivity index (χ1) is 8.22. The van der Waals surface area contributed by atoms with Crippen LogP contribution in [0.3, 0.4) is 0 Å². The maximum absolute atomic E-state index is 3.52. The molecule has 1 N–H and O–H groups in total. The summed E-state index contributed by atoms with van der Waals surface area (Å²) in [7, 11) is 2.10. The Labute approximate surface area is 107 Å². The van der Waals surface area contributed by atoms with E-state index in [2.05, 4.69) is 63.5 Å². The molecule has 0 spiro atoms. The van der Waals surface area contributed by atoms with Gasteiger partial charge in [-0.2, -0.15) is 0 Å². The highest BCUT2D eigenvalue weighted by Crippen LogP contribution is 2.27. The molecule has 96 valence electrons. The zero-order chi connectivity index (χ0) is 12.7. The lowest BCUT2D eigenvalue weighted by Crippen LogP contribution is -2.33. The van der Waals surface area contributed by atoms with E-state index in [0.29, 0.717) is 12.0 Å². The number of nitrogens with one attached hydrogen (secondary N) is 1. The standard InChI is InChI=1S/C16H27N/c1-5-13(3)12-16(17-4)15(6-2)14-10-8-7-9-11-14/h7-11,13,15-17H,5-6,12H2,1-4H3. The summed E-state index contributed by atoms with van der Waals surface area (Å²) in [5.41, 5.74) is 1.47. The normalized spacial score (nSPS) is 16.5. The number of rotatable bonds is 7. The minimum Gasteiger partial charge on any atom is -0.316 e. The van der Waals surface area contributed by atoms with Gasteiger partial charge < -0.3 is 5.32 Å². The van der Waals surface area contributed by atoms with Crippen molar-refractivity contribution < 1.29 is 0 Å². The fraction of sp³-hybridized carbons (Fsp3) is 0.625. The van der Waals surface area contributed by atoms with Gasteiger partial charge >= 0.3 is 0 Å². The molecule has 0 bridgehead atoms. The third kappa shape index (κ3) is 4.16. The van der Waals surface area contributed by atoms with Crippen LogP contribution in [0.4, 0.5) is 0 Å². The fourth-order valence-electron chi connectivity index (χ4n) is 2.54. The van der Waals surface area contributed by atoms with E-state index in [-0.39, 0.29) is 0 Å². The van der Waals surface area contributed by atoms with Crippen molar-refractivity contribution >= 4 is 0 Å². The SMILES string of the molecule is CCC(C)CC(NC)C(CC)c1ccccc1. The van der Waals surface area contributed by atoms with Crippen molar-refractivity contribution in [3.05, 3.63) is 35.9 Å².